The average Bonchev–Trinajstić information content (AvgIpc) is 2.91. The molecule has 1 saturated heterocycles. The maximum Gasteiger partial charge on any atom is 0.255 e. The highest BCUT2D eigenvalue weighted by Gasteiger charge is 2.39. The van der Waals surface area contributed by atoms with E-state index in [2.05, 4.69) is 10.6 Å². The van der Waals surface area contributed by atoms with Crippen molar-refractivity contribution in [3.05, 3.63) is 34.9 Å². The van der Waals surface area contributed by atoms with Gasteiger partial charge in [0.05, 0.1) is 0 Å². The molecule has 7 nitrogen and oxygen atoms in total. The number of nitrogens with one attached hydrogen (secondary N) is 2. The van der Waals surface area contributed by atoms with Crippen LogP contribution in [0.2, 0.25) is 0 Å². The van der Waals surface area contributed by atoms with Crippen LogP contribution in [0.4, 0.5) is 0 Å². The molecule has 25 heavy (non-hydrogen) atoms. The van der Waals surface area contributed by atoms with Crippen molar-refractivity contribution in [1.82, 2.24) is 15.5 Å². The summed E-state index contributed by atoms with van der Waals surface area (Å²) in [6, 6.07) is 5.66. The van der Waals surface area contributed by atoms with Gasteiger partial charge in [-0.2, -0.15) is 0 Å². The first kappa shape index (κ1) is 16.2. The standard InChI is InChI=1S/C18H22N4O3/c19-13-4-5-14(13)20-8-10-2-1-3-11-12(10)9-22(18(11)25)15-6-7-16(23)21-17(15)24/h1-3,13-15,20H,4-9,19H2,(H,21,23,24)/t13-,14-,15?/m1/s1. The quantitative estimate of drug-likeness (QED) is 0.670. The molecule has 1 unspecified atom stereocenters. The molecule has 3 amide bonds. The van der Waals surface area contributed by atoms with Gasteiger partial charge in [-0.1, -0.05) is 12.1 Å². The Balaban J connectivity index is 1.51. The van der Waals surface area contributed by atoms with Gasteiger partial charge in [-0.3, -0.25) is 19.7 Å². The SMILES string of the molecule is N[C@@H]1CC[C@H]1NCc1cccc2c1CN(C1CCC(=O)NC1=O)C2=O. The highest BCUT2D eigenvalue weighted by atomic mass is 16.2. The number of piperidine rings is 1. The minimum Gasteiger partial charge on any atom is -0.326 e. The smallest absolute Gasteiger partial charge is 0.255 e. The lowest BCUT2D eigenvalue weighted by Crippen LogP contribution is -2.52. The van der Waals surface area contributed by atoms with Crippen LogP contribution < -0.4 is 16.4 Å². The van der Waals surface area contributed by atoms with Crippen LogP contribution >= 0.6 is 0 Å². The highest BCUT2D eigenvalue weighted by molar-refractivity contribution is 6.05. The summed E-state index contributed by atoms with van der Waals surface area (Å²) >= 11 is 0. The molecule has 3 atom stereocenters. The number of hydrogen-bond acceptors (Lipinski definition) is 5. The Kier molecular flexibility index (Phi) is 4.05. The molecule has 1 saturated carbocycles. The van der Waals surface area contributed by atoms with Gasteiger partial charge in [-0.05, 0) is 36.5 Å². The molecule has 1 aromatic rings. The minimum atomic E-state index is -0.571. The van der Waals surface area contributed by atoms with Crippen LogP contribution in [-0.4, -0.2) is 40.7 Å². The van der Waals surface area contributed by atoms with Crippen LogP contribution in [0, 0.1) is 0 Å². The van der Waals surface area contributed by atoms with Crippen molar-refractivity contribution in [3.63, 3.8) is 0 Å². The Labute approximate surface area is 145 Å². The molecule has 2 fully saturated rings. The van der Waals surface area contributed by atoms with Gasteiger partial charge in [0.1, 0.15) is 6.04 Å². The first-order chi connectivity index (χ1) is 12.0. The van der Waals surface area contributed by atoms with E-state index in [0.29, 0.717) is 31.1 Å². The number of imide groups is 1. The number of rotatable bonds is 4. The van der Waals surface area contributed by atoms with Crippen LogP contribution in [0.5, 0.6) is 0 Å². The summed E-state index contributed by atoms with van der Waals surface area (Å²) in [6.07, 6.45) is 2.78. The number of carbonyl (C=O) groups is 3. The Morgan fingerprint density at radius 3 is 2.72 bits per heavy atom. The highest BCUT2D eigenvalue weighted by Crippen LogP contribution is 2.30. The van der Waals surface area contributed by atoms with Gasteiger partial charge in [-0.15, -0.1) is 0 Å². The summed E-state index contributed by atoms with van der Waals surface area (Å²) in [4.78, 5) is 37.8. The number of benzene rings is 1. The lowest BCUT2D eigenvalue weighted by atomic mass is 9.87. The van der Waals surface area contributed by atoms with E-state index in [9.17, 15) is 14.4 Å². The summed E-state index contributed by atoms with van der Waals surface area (Å²) in [5.41, 5.74) is 8.66. The van der Waals surface area contributed by atoms with E-state index in [-0.39, 0.29) is 30.2 Å². The van der Waals surface area contributed by atoms with Gasteiger partial charge in [0.25, 0.3) is 5.91 Å². The summed E-state index contributed by atoms with van der Waals surface area (Å²) in [5.74, 6) is -0.781. The van der Waals surface area contributed by atoms with Gasteiger partial charge in [-0.25, -0.2) is 0 Å². The maximum absolute atomic E-state index is 12.8. The number of fused-ring (bicyclic) bond motifs is 1. The number of nitrogens with two attached hydrogens (primary N) is 1. The van der Waals surface area contributed by atoms with Crippen molar-refractivity contribution in [2.75, 3.05) is 0 Å². The molecule has 132 valence electrons. The third-order valence-corrected chi connectivity index (χ3v) is 5.56. The second-order valence-electron chi connectivity index (χ2n) is 7.07. The molecule has 1 aromatic carbocycles. The summed E-state index contributed by atoms with van der Waals surface area (Å²) in [5, 5.41) is 5.79. The van der Waals surface area contributed by atoms with E-state index in [1.807, 2.05) is 18.2 Å². The van der Waals surface area contributed by atoms with E-state index in [4.69, 9.17) is 5.73 Å². The van der Waals surface area contributed by atoms with Crippen molar-refractivity contribution < 1.29 is 14.4 Å². The summed E-state index contributed by atoms with van der Waals surface area (Å²) in [6.45, 7) is 1.08. The second-order valence-corrected chi connectivity index (χ2v) is 7.07. The van der Waals surface area contributed by atoms with E-state index < -0.39 is 6.04 Å². The Bertz CT molecular complexity index is 748. The van der Waals surface area contributed by atoms with Crippen molar-refractivity contribution >= 4 is 17.7 Å². The summed E-state index contributed by atoms with van der Waals surface area (Å²) < 4.78 is 0. The molecule has 0 bridgehead atoms. The molecule has 7 heteroatoms. The normalized spacial score (nSPS) is 28.6. The molecule has 2 aliphatic heterocycles. The van der Waals surface area contributed by atoms with Crippen LogP contribution in [0.25, 0.3) is 0 Å². The number of nitrogens with zero attached hydrogens (tertiary/aromatic N) is 1. The van der Waals surface area contributed by atoms with Gasteiger partial charge in [0, 0.05) is 37.2 Å². The molecule has 4 rings (SSSR count). The molecule has 3 aliphatic rings. The molecular weight excluding hydrogens is 320 g/mol. The zero-order chi connectivity index (χ0) is 17.6. The number of hydrogen-bond donors (Lipinski definition) is 3. The minimum absolute atomic E-state index is 0.133. The van der Waals surface area contributed by atoms with Gasteiger partial charge >= 0.3 is 0 Å². The van der Waals surface area contributed by atoms with Crippen molar-refractivity contribution in [1.29, 1.82) is 0 Å². The number of carbonyl (C=O) groups excluding carboxylic acids is 3. The van der Waals surface area contributed by atoms with Crippen molar-refractivity contribution in [2.45, 2.75) is 56.9 Å². The third-order valence-electron chi connectivity index (χ3n) is 5.56. The van der Waals surface area contributed by atoms with E-state index in [1.165, 1.54) is 0 Å². The molecule has 2 heterocycles. The fraction of sp³-hybridized carbons (Fsp3) is 0.500. The Morgan fingerprint density at radius 1 is 1.20 bits per heavy atom. The molecular formula is C18H22N4O3. The average molecular weight is 342 g/mol. The lowest BCUT2D eigenvalue weighted by Gasteiger charge is -2.34. The van der Waals surface area contributed by atoms with Crippen molar-refractivity contribution in [3.8, 4) is 0 Å². The zero-order valence-corrected chi connectivity index (χ0v) is 14.0. The van der Waals surface area contributed by atoms with Crippen LogP contribution in [0.1, 0.15) is 47.2 Å². The third kappa shape index (κ3) is 2.83. The largest absolute Gasteiger partial charge is 0.326 e. The van der Waals surface area contributed by atoms with Crippen LogP contribution in [0.15, 0.2) is 18.2 Å². The first-order valence-electron chi connectivity index (χ1n) is 8.79. The zero-order valence-electron chi connectivity index (χ0n) is 14.0. The predicted octanol–water partition coefficient (Wildman–Crippen LogP) is 0.0269. The fourth-order valence-electron chi connectivity index (χ4n) is 3.84. The fourth-order valence-corrected chi connectivity index (χ4v) is 3.84. The van der Waals surface area contributed by atoms with Crippen molar-refractivity contribution in [2.24, 2.45) is 5.73 Å². The number of amides is 3. The molecule has 0 spiro atoms. The van der Waals surface area contributed by atoms with Gasteiger partial charge in [0.2, 0.25) is 11.8 Å². The van der Waals surface area contributed by atoms with Gasteiger partial charge < -0.3 is 16.0 Å². The lowest BCUT2D eigenvalue weighted by molar-refractivity contribution is -0.136. The van der Waals surface area contributed by atoms with E-state index in [0.717, 1.165) is 24.0 Å². The molecule has 4 N–H and O–H groups in total. The topological polar surface area (TPSA) is 105 Å². The predicted molar refractivity (Wildman–Crippen MR) is 90.3 cm³/mol. The van der Waals surface area contributed by atoms with E-state index in [1.54, 1.807) is 4.90 Å². The first-order valence-corrected chi connectivity index (χ1v) is 8.79. The second kappa shape index (κ2) is 6.24. The molecule has 1 aliphatic carbocycles. The summed E-state index contributed by atoms with van der Waals surface area (Å²) in [7, 11) is 0. The monoisotopic (exact) mass is 342 g/mol. The van der Waals surface area contributed by atoms with Crippen LogP contribution in [0.3, 0.4) is 0 Å². The Hall–Kier alpha value is -2.25. The molecule has 0 radical (unpaired) electrons. The molecule has 0 aromatic heterocycles. The van der Waals surface area contributed by atoms with Crippen LogP contribution in [-0.2, 0) is 22.7 Å². The Morgan fingerprint density at radius 2 is 2.04 bits per heavy atom. The maximum atomic E-state index is 12.8. The van der Waals surface area contributed by atoms with E-state index >= 15 is 0 Å². The van der Waals surface area contributed by atoms with Gasteiger partial charge in [0.15, 0.2) is 0 Å².